The van der Waals surface area contributed by atoms with Gasteiger partial charge in [-0.15, -0.1) is 0 Å². The number of aromatic nitrogens is 1. The smallest absolute Gasteiger partial charge is 0.269 e. The maximum absolute atomic E-state index is 12.0. The molecular weight excluding hydrogens is 314 g/mol. The van der Waals surface area contributed by atoms with Crippen molar-refractivity contribution in [3.63, 3.8) is 0 Å². The second-order valence-electron chi connectivity index (χ2n) is 6.67. The Bertz CT molecular complexity index is 690. The van der Waals surface area contributed by atoms with Gasteiger partial charge in [0.1, 0.15) is 11.4 Å². The fourth-order valence-corrected chi connectivity index (χ4v) is 3.42. The molecule has 0 saturated carbocycles. The predicted octanol–water partition coefficient (Wildman–Crippen LogP) is 2.82. The third kappa shape index (κ3) is 5.29. The zero-order valence-corrected chi connectivity index (χ0v) is 14.4. The van der Waals surface area contributed by atoms with Gasteiger partial charge in [0.05, 0.1) is 0 Å². The zero-order valence-electron chi connectivity index (χ0n) is 14.4. The van der Waals surface area contributed by atoms with E-state index in [1.54, 1.807) is 24.4 Å². The van der Waals surface area contributed by atoms with Crippen molar-refractivity contribution >= 4 is 5.91 Å². The number of carbonyl (C=O) groups is 1. The molecule has 3 rings (SSSR count). The number of aromatic hydroxyl groups is 1. The fraction of sp³-hybridized carbons (Fsp3) is 0.400. The van der Waals surface area contributed by atoms with Gasteiger partial charge in [0.15, 0.2) is 0 Å². The quantitative estimate of drug-likeness (QED) is 0.849. The molecule has 1 saturated heterocycles. The number of pyridine rings is 1. The summed E-state index contributed by atoms with van der Waals surface area (Å²) in [5.74, 6) is 0.811. The first-order chi connectivity index (χ1) is 12.2. The van der Waals surface area contributed by atoms with Crippen LogP contribution in [0.5, 0.6) is 5.75 Å². The molecule has 1 amide bonds. The Morgan fingerprint density at radius 3 is 3.00 bits per heavy atom. The molecule has 1 aromatic heterocycles. The summed E-state index contributed by atoms with van der Waals surface area (Å²) in [5, 5.41) is 12.6. The second-order valence-corrected chi connectivity index (χ2v) is 6.67. The van der Waals surface area contributed by atoms with Crippen molar-refractivity contribution in [1.29, 1.82) is 0 Å². The molecule has 0 unspecified atom stereocenters. The zero-order chi connectivity index (χ0) is 17.5. The molecule has 1 aliphatic heterocycles. The Labute approximate surface area is 148 Å². The van der Waals surface area contributed by atoms with Crippen molar-refractivity contribution in [2.24, 2.45) is 5.92 Å². The first kappa shape index (κ1) is 17.4. The van der Waals surface area contributed by atoms with E-state index in [1.165, 1.54) is 12.8 Å². The summed E-state index contributed by atoms with van der Waals surface area (Å²) in [5.41, 5.74) is 1.61. The maximum Gasteiger partial charge on any atom is 0.269 e. The monoisotopic (exact) mass is 339 g/mol. The largest absolute Gasteiger partial charge is 0.508 e. The van der Waals surface area contributed by atoms with Crippen LogP contribution in [0.25, 0.3) is 0 Å². The van der Waals surface area contributed by atoms with Crippen molar-refractivity contribution in [3.8, 4) is 5.75 Å². The van der Waals surface area contributed by atoms with E-state index in [9.17, 15) is 9.90 Å². The highest BCUT2D eigenvalue weighted by atomic mass is 16.3. The molecule has 25 heavy (non-hydrogen) atoms. The lowest BCUT2D eigenvalue weighted by atomic mass is 9.94. The molecular formula is C20H25N3O2. The van der Waals surface area contributed by atoms with Crippen LogP contribution in [0.3, 0.4) is 0 Å². The topological polar surface area (TPSA) is 65.5 Å². The van der Waals surface area contributed by atoms with Gasteiger partial charge in [0.25, 0.3) is 5.91 Å². The Hall–Kier alpha value is -2.40. The molecule has 2 heterocycles. The number of phenols is 1. The lowest BCUT2D eigenvalue weighted by molar-refractivity contribution is 0.0941. The third-order valence-corrected chi connectivity index (χ3v) is 4.66. The Morgan fingerprint density at radius 2 is 2.20 bits per heavy atom. The molecule has 2 N–H and O–H groups in total. The minimum atomic E-state index is -0.104. The first-order valence-corrected chi connectivity index (χ1v) is 8.90. The highest BCUT2D eigenvalue weighted by molar-refractivity contribution is 5.92. The summed E-state index contributed by atoms with van der Waals surface area (Å²) in [6, 6.07) is 12.8. The number of benzene rings is 1. The lowest BCUT2D eigenvalue weighted by Crippen LogP contribution is -2.36. The highest BCUT2D eigenvalue weighted by Crippen LogP contribution is 2.22. The van der Waals surface area contributed by atoms with E-state index in [0.29, 0.717) is 23.9 Å². The van der Waals surface area contributed by atoms with Crippen LogP contribution in [0.1, 0.15) is 35.3 Å². The normalized spacial score (nSPS) is 18.0. The highest BCUT2D eigenvalue weighted by Gasteiger charge is 2.20. The predicted molar refractivity (Wildman–Crippen MR) is 97.3 cm³/mol. The summed E-state index contributed by atoms with van der Waals surface area (Å²) in [6.07, 6.45) is 5.00. The maximum atomic E-state index is 12.0. The SMILES string of the molecule is O=C(NCC[C@H]1CCCN(Cc2cccc(O)c2)C1)c1ccccn1. The van der Waals surface area contributed by atoms with Crippen LogP contribution in [-0.4, -0.2) is 40.5 Å². The van der Waals surface area contributed by atoms with Crippen molar-refractivity contribution in [2.45, 2.75) is 25.8 Å². The van der Waals surface area contributed by atoms with Gasteiger partial charge in [-0.3, -0.25) is 14.7 Å². The molecule has 0 aliphatic carbocycles. The summed E-state index contributed by atoms with van der Waals surface area (Å²) < 4.78 is 0. The van der Waals surface area contributed by atoms with E-state index in [-0.39, 0.29) is 5.91 Å². The minimum Gasteiger partial charge on any atom is -0.508 e. The minimum absolute atomic E-state index is 0.104. The second kappa shape index (κ2) is 8.62. The number of likely N-dealkylation sites (tertiary alicyclic amines) is 1. The molecule has 0 spiro atoms. The van der Waals surface area contributed by atoms with Gasteiger partial charge in [-0.2, -0.15) is 0 Å². The molecule has 1 aliphatic rings. The number of amides is 1. The lowest BCUT2D eigenvalue weighted by Gasteiger charge is -2.32. The van der Waals surface area contributed by atoms with Gasteiger partial charge in [-0.05, 0) is 61.6 Å². The van der Waals surface area contributed by atoms with E-state index in [2.05, 4.69) is 21.3 Å². The van der Waals surface area contributed by atoms with Crippen molar-refractivity contribution in [2.75, 3.05) is 19.6 Å². The van der Waals surface area contributed by atoms with Crippen molar-refractivity contribution < 1.29 is 9.90 Å². The summed E-state index contributed by atoms with van der Waals surface area (Å²) in [4.78, 5) is 18.5. The van der Waals surface area contributed by atoms with E-state index in [0.717, 1.165) is 31.6 Å². The van der Waals surface area contributed by atoms with E-state index in [4.69, 9.17) is 0 Å². The summed E-state index contributed by atoms with van der Waals surface area (Å²) >= 11 is 0. The van der Waals surface area contributed by atoms with Crippen LogP contribution in [0.2, 0.25) is 0 Å². The molecule has 5 heteroatoms. The molecule has 1 aromatic carbocycles. The molecule has 0 radical (unpaired) electrons. The third-order valence-electron chi connectivity index (χ3n) is 4.66. The van der Waals surface area contributed by atoms with Gasteiger partial charge in [-0.1, -0.05) is 18.2 Å². The number of phenolic OH excluding ortho intramolecular Hbond substituents is 1. The average molecular weight is 339 g/mol. The van der Waals surface area contributed by atoms with Gasteiger partial charge in [0.2, 0.25) is 0 Å². The van der Waals surface area contributed by atoms with Crippen LogP contribution >= 0.6 is 0 Å². The number of rotatable bonds is 6. The van der Waals surface area contributed by atoms with Gasteiger partial charge in [-0.25, -0.2) is 0 Å². The van der Waals surface area contributed by atoms with Crippen LogP contribution < -0.4 is 5.32 Å². The Balaban J connectivity index is 1.43. The number of hydrogen-bond donors (Lipinski definition) is 2. The van der Waals surface area contributed by atoms with Crippen LogP contribution in [0.4, 0.5) is 0 Å². The molecule has 0 bridgehead atoms. The first-order valence-electron chi connectivity index (χ1n) is 8.90. The van der Waals surface area contributed by atoms with Crippen molar-refractivity contribution in [3.05, 3.63) is 59.9 Å². The average Bonchev–Trinajstić information content (AvgIpc) is 2.63. The van der Waals surface area contributed by atoms with E-state index >= 15 is 0 Å². The summed E-state index contributed by atoms with van der Waals surface area (Å²) in [6.45, 7) is 3.67. The molecule has 2 aromatic rings. The fourth-order valence-electron chi connectivity index (χ4n) is 3.42. The standard InChI is InChI=1S/C20H25N3O2/c24-18-7-3-5-17(13-18)15-23-12-4-6-16(14-23)9-11-22-20(25)19-8-1-2-10-21-19/h1-3,5,7-8,10,13,16,24H,4,6,9,11-12,14-15H2,(H,22,25)/t16-/m1/s1. The number of carbonyl (C=O) groups excluding carboxylic acids is 1. The number of nitrogens with one attached hydrogen (secondary N) is 1. The van der Waals surface area contributed by atoms with Crippen LogP contribution in [0.15, 0.2) is 48.7 Å². The van der Waals surface area contributed by atoms with E-state index in [1.807, 2.05) is 18.2 Å². The van der Waals surface area contributed by atoms with E-state index < -0.39 is 0 Å². The van der Waals surface area contributed by atoms with Gasteiger partial charge >= 0.3 is 0 Å². The van der Waals surface area contributed by atoms with Crippen LogP contribution in [-0.2, 0) is 6.54 Å². The molecule has 1 atom stereocenters. The Morgan fingerprint density at radius 1 is 1.28 bits per heavy atom. The number of hydrogen-bond acceptors (Lipinski definition) is 4. The molecule has 1 fully saturated rings. The van der Waals surface area contributed by atoms with Crippen molar-refractivity contribution in [1.82, 2.24) is 15.2 Å². The van der Waals surface area contributed by atoms with Gasteiger partial charge in [0, 0.05) is 25.8 Å². The van der Waals surface area contributed by atoms with Gasteiger partial charge < -0.3 is 10.4 Å². The summed E-state index contributed by atoms with van der Waals surface area (Å²) in [7, 11) is 0. The van der Waals surface area contributed by atoms with Crippen LogP contribution in [0, 0.1) is 5.92 Å². The molecule has 132 valence electrons. The number of nitrogens with zero attached hydrogens (tertiary/aromatic N) is 2. The Kier molecular flexibility index (Phi) is 6.01. The molecule has 5 nitrogen and oxygen atoms in total. The number of piperidine rings is 1.